The summed E-state index contributed by atoms with van der Waals surface area (Å²) in [5, 5.41) is 10.8. The Hall–Kier alpha value is -2.07. The average molecular weight is 286 g/mol. The van der Waals surface area contributed by atoms with Gasteiger partial charge in [0.2, 0.25) is 5.91 Å². The highest BCUT2D eigenvalue weighted by Gasteiger charge is 2.34. The van der Waals surface area contributed by atoms with Crippen molar-refractivity contribution in [1.82, 2.24) is 0 Å². The maximum absolute atomic E-state index is 12.8. The van der Waals surface area contributed by atoms with Crippen LogP contribution in [0.2, 0.25) is 0 Å². The molecule has 0 fully saturated rings. The number of alkyl halides is 3. The number of hydrogen-bond acceptors (Lipinski definition) is 3. The molecule has 20 heavy (non-hydrogen) atoms. The number of amides is 1. The molecule has 0 aliphatic heterocycles. The summed E-state index contributed by atoms with van der Waals surface area (Å²) in [7, 11) is 0. The van der Waals surface area contributed by atoms with E-state index in [1.54, 1.807) is 6.07 Å². The molecule has 108 valence electrons. The number of hydrogen-bond donors (Lipinski definition) is 1. The van der Waals surface area contributed by atoms with Gasteiger partial charge >= 0.3 is 6.18 Å². The third-order valence-corrected chi connectivity index (χ3v) is 2.31. The van der Waals surface area contributed by atoms with Crippen molar-refractivity contribution in [2.45, 2.75) is 19.5 Å². The highest BCUT2D eigenvalue weighted by Crippen LogP contribution is 2.35. The van der Waals surface area contributed by atoms with E-state index >= 15 is 0 Å². The summed E-state index contributed by atoms with van der Waals surface area (Å²) in [5.74, 6) is -0.673. The van der Waals surface area contributed by atoms with E-state index in [0.717, 1.165) is 6.07 Å². The van der Waals surface area contributed by atoms with Crippen LogP contribution in [0.15, 0.2) is 18.2 Å². The lowest BCUT2D eigenvalue weighted by molar-refractivity contribution is -0.137. The molecular weight excluding hydrogens is 273 g/mol. The van der Waals surface area contributed by atoms with E-state index in [4.69, 9.17) is 10.00 Å². The molecule has 4 nitrogen and oxygen atoms in total. The SMILES string of the molecule is CCCOCC(=O)Nc1ccc(C#N)cc1C(F)(F)F. The van der Waals surface area contributed by atoms with Crippen LogP contribution in [-0.4, -0.2) is 19.1 Å². The molecule has 7 heteroatoms. The minimum Gasteiger partial charge on any atom is -0.372 e. The van der Waals surface area contributed by atoms with E-state index < -0.39 is 17.6 Å². The number of anilines is 1. The Balaban J connectivity index is 2.89. The molecule has 1 amide bonds. The zero-order valence-corrected chi connectivity index (χ0v) is 10.8. The molecule has 0 heterocycles. The number of carbonyl (C=O) groups is 1. The Morgan fingerprint density at radius 1 is 1.45 bits per heavy atom. The number of ether oxygens (including phenoxy) is 1. The number of benzene rings is 1. The van der Waals surface area contributed by atoms with Gasteiger partial charge in [-0.05, 0) is 24.6 Å². The summed E-state index contributed by atoms with van der Waals surface area (Å²) >= 11 is 0. The molecule has 0 atom stereocenters. The second kappa shape index (κ2) is 6.91. The van der Waals surface area contributed by atoms with Gasteiger partial charge in [0, 0.05) is 6.61 Å². The number of rotatable bonds is 5. The van der Waals surface area contributed by atoms with Crippen LogP contribution < -0.4 is 5.32 Å². The van der Waals surface area contributed by atoms with Crippen molar-refractivity contribution in [3.63, 3.8) is 0 Å². The number of halogens is 3. The van der Waals surface area contributed by atoms with Gasteiger partial charge in [0.15, 0.2) is 0 Å². The lowest BCUT2D eigenvalue weighted by Gasteiger charge is -2.14. The first-order valence-electron chi connectivity index (χ1n) is 5.87. The molecule has 1 aromatic rings. The molecule has 0 spiro atoms. The van der Waals surface area contributed by atoms with Crippen LogP contribution >= 0.6 is 0 Å². The molecule has 0 bridgehead atoms. The summed E-state index contributed by atoms with van der Waals surface area (Å²) in [5.41, 5.74) is -1.57. The lowest BCUT2D eigenvalue weighted by atomic mass is 10.1. The van der Waals surface area contributed by atoms with Crippen molar-refractivity contribution in [3.8, 4) is 6.07 Å². The first-order chi connectivity index (χ1) is 9.38. The fourth-order valence-electron chi connectivity index (χ4n) is 1.45. The topological polar surface area (TPSA) is 62.1 Å². The van der Waals surface area contributed by atoms with E-state index in [2.05, 4.69) is 5.32 Å². The zero-order valence-electron chi connectivity index (χ0n) is 10.8. The fourth-order valence-corrected chi connectivity index (χ4v) is 1.45. The maximum atomic E-state index is 12.8. The molecule has 1 N–H and O–H groups in total. The Morgan fingerprint density at radius 2 is 2.15 bits per heavy atom. The summed E-state index contributed by atoms with van der Waals surface area (Å²) in [6, 6.07) is 4.58. The van der Waals surface area contributed by atoms with Crippen LogP contribution in [0.4, 0.5) is 18.9 Å². The largest absolute Gasteiger partial charge is 0.418 e. The monoisotopic (exact) mass is 286 g/mol. The normalized spacial score (nSPS) is 10.9. The summed E-state index contributed by atoms with van der Waals surface area (Å²) in [6.45, 7) is 1.89. The summed E-state index contributed by atoms with van der Waals surface area (Å²) < 4.78 is 43.4. The van der Waals surface area contributed by atoms with E-state index in [-0.39, 0.29) is 17.9 Å². The number of nitrogens with zero attached hydrogens (tertiary/aromatic N) is 1. The Morgan fingerprint density at radius 3 is 2.70 bits per heavy atom. The second-order valence-electron chi connectivity index (χ2n) is 3.97. The van der Waals surface area contributed by atoms with Crippen molar-refractivity contribution in [3.05, 3.63) is 29.3 Å². The molecular formula is C13H13F3N2O2. The number of carbonyl (C=O) groups excluding carboxylic acids is 1. The second-order valence-corrected chi connectivity index (χ2v) is 3.97. The predicted molar refractivity (Wildman–Crippen MR) is 65.9 cm³/mol. The minimum atomic E-state index is -4.65. The Labute approximate surface area is 114 Å². The maximum Gasteiger partial charge on any atom is 0.418 e. The van der Waals surface area contributed by atoms with Gasteiger partial charge in [0.05, 0.1) is 22.9 Å². The van der Waals surface area contributed by atoms with Crippen LogP contribution in [-0.2, 0) is 15.7 Å². The van der Waals surface area contributed by atoms with E-state index in [9.17, 15) is 18.0 Å². The van der Waals surface area contributed by atoms with Crippen LogP contribution in [0.3, 0.4) is 0 Å². The highest BCUT2D eigenvalue weighted by molar-refractivity contribution is 5.92. The van der Waals surface area contributed by atoms with Gasteiger partial charge in [-0.3, -0.25) is 4.79 Å². The molecule has 0 saturated carbocycles. The van der Waals surface area contributed by atoms with Gasteiger partial charge < -0.3 is 10.1 Å². The number of nitrogens with one attached hydrogen (secondary N) is 1. The quantitative estimate of drug-likeness (QED) is 0.846. The molecule has 0 aliphatic rings. The first-order valence-corrected chi connectivity index (χ1v) is 5.87. The molecule has 0 saturated heterocycles. The van der Waals surface area contributed by atoms with E-state index in [1.807, 2.05) is 6.92 Å². The van der Waals surface area contributed by atoms with Crippen LogP contribution in [0.5, 0.6) is 0 Å². The van der Waals surface area contributed by atoms with Gasteiger partial charge in [-0.2, -0.15) is 18.4 Å². The average Bonchev–Trinajstić information content (AvgIpc) is 2.38. The molecule has 0 aliphatic carbocycles. The van der Waals surface area contributed by atoms with Crippen LogP contribution in [0.25, 0.3) is 0 Å². The Bertz CT molecular complexity index is 521. The van der Waals surface area contributed by atoms with Gasteiger partial charge in [-0.15, -0.1) is 0 Å². The summed E-state index contributed by atoms with van der Waals surface area (Å²) in [6.07, 6.45) is -3.95. The molecule has 0 radical (unpaired) electrons. The van der Waals surface area contributed by atoms with Crippen molar-refractivity contribution < 1.29 is 22.7 Å². The van der Waals surface area contributed by atoms with Crippen molar-refractivity contribution in [1.29, 1.82) is 5.26 Å². The minimum absolute atomic E-state index is 0.127. The zero-order chi connectivity index (χ0) is 15.2. The van der Waals surface area contributed by atoms with Crippen molar-refractivity contribution in [2.24, 2.45) is 0 Å². The van der Waals surface area contributed by atoms with Gasteiger partial charge in [0.1, 0.15) is 6.61 Å². The molecule has 1 rings (SSSR count). The smallest absolute Gasteiger partial charge is 0.372 e. The van der Waals surface area contributed by atoms with Crippen LogP contribution in [0.1, 0.15) is 24.5 Å². The lowest BCUT2D eigenvalue weighted by Crippen LogP contribution is -2.21. The fraction of sp³-hybridized carbons (Fsp3) is 0.385. The van der Waals surface area contributed by atoms with Crippen molar-refractivity contribution >= 4 is 11.6 Å². The van der Waals surface area contributed by atoms with E-state index in [0.29, 0.717) is 19.1 Å². The highest BCUT2D eigenvalue weighted by atomic mass is 19.4. The van der Waals surface area contributed by atoms with E-state index in [1.165, 1.54) is 6.07 Å². The van der Waals surface area contributed by atoms with Gasteiger partial charge in [-0.25, -0.2) is 0 Å². The molecule has 0 unspecified atom stereocenters. The molecule has 1 aromatic carbocycles. The third kappa shape index (κ3) is 4.55. The van der Waals surface area contributed by atoms with Gasteiger partial charge in [0.25, 0.3) is 0 Å². The Kier molecular flexibility index (Phi) is 5.53. The first kappa shape index (κ1) is 16.0. The standard InChI is InChI=1S/C13H13F3N2O2/c1-2-5-20-8-12(19)18-11-4-3-9(7-17)6-10(11)13(14,15)16/h3-4,6H,2,5,8H2,1H3,(H,18,19). The third-order valence-electron chi connectivity index (χ3n) is 2.31. The summed E-state index contributed by atoms with van der Waals surface area (Å²) in [4.78, 5) is 11.5. The van der Waals surface area contributed by atoms with Gasteiger partial charge in [-0.1, -0.05) is 6.92 Å². The van der Waals surface area contributed by atoms with Crippen molar-refractivity contribution in [2.75, 3.05) is 18.5 Å². The van der Waals surface area contributed by atoms with Crippen LogP contribution in [0, 0.1) is 11.3 Å². The molecule has 0 aromatic heterocycles. The predicted octanol–water partition coefficient (Wildman–Crippen LogP) is 2.94. The number of nitriles is 1.